The Labute approximate surface area is 143 Å². The van der Waals surface area contributed by atoms with Crippen LogP contribution in [0.15, 0.2) is 35.5 Å². The lowest BCUT2D eigenvalue weighted by Gasteiger charge is -2.24. The Morgan fingerprint density at radius 2 is 2.17 bits per heavy atom. The van der Waals surface area contributed by atoms with Crippen LogP contribution in [0.4, 0.5) is 0 Å². The maximum atomic E-state index is 13.0. The van der Waals surface area contributed by atoms with E-state index in [1.807, 2.05) is 17.6 Å². The number of benzene rings is 1. The van der Waals surface area contributed by atoms with Crippen molar-refractivity contribution in [2.45, 2.75) is 57.0 Å². The Morgan fingerprint density at radius 1 is 1.33 bits per heavy atom. The Morgan fingerprint density at radius 3 is 2.92 bits per heavy atom. The van der Waals surface area contributed by atoms with Gasteiger partial charge in [-0.25, -0.2) is 8.42 Å². The van der Waals surface area contributed by atoms with E-state index in [9.17, 15) is 8.42 Å². The molecule has 0 bridgehead atoms. The van der Waals surface area contributed by atoms with E-state index in [1.165, 1.54) is 0 Å². The summed E-state index contributed by atoms with van der Waals surface area (Å²) in [6.07, 6.45) is 5.08. The van der Waals surface area contributed by atoms with Gasteiger partial charge >= 0.3 is 0 Å². The minimum Gasteiger partial charge on any atom is -0.318 e. The molecule has 1 aliphatic rings. The normalized spacial score (nSPS) is 19.0. The minimum atomic E-state index is -3.43. The Bertz CT molecular complexity index is 800. The van der Waals surface area contributed by atoms with Crippen molar-refractivity contribution in [2.24, 2.45) is 0 Å². The maximum absolute atomic E-state index is 13.0. The molecule has 3 rings (SSSR count). The SMILES string of the molecule is CCn1cnnc1CCC1CCCN1S(=O)(=O)c1cccc(C)c1. The first-order valence-corrected chi connectivity index (χ1v) is 9.91. The lowest BCUT2D eigenvalue weighted by atomic mass is 10.1. The van der Waals surface area contributed by atoms with E-state index in [0.717, 1.165) is 43.6 Å². The zero-order valence-electron chi connectivity index (χ0n) is 14.2. The summed E-state index contributed by atoms with van der Waals surface area (Å²) in [5.74, 6) is 0.928. The fourth-order valence-electron chi connectivity index (χ4n) is 3.36. The summed E-state index contributed by atoms with van der Waals surface area (Å²) in [7, 11) is -3.43. The number of hydrogen-bond donors (Lipinski definition) is 0. The second-order valence-electron chi connectivity index (χ2n) is 6.30. The molecule has 1 aromatic heterocycles. The van der Waals surface area contributed by atoms with Gasteiger partial charge in [0.2, 0.25) is 10.0 Å². The monoisotopic (exact) mass is 348 g/mol. The van der Waals surface area contributed by atoms with Crippen LogP contribution in [0, 0.1) is 6.92 Å². The lowest BCUT2D eigenvalue weighted by molar-refractivity contribution is 0.367. The van der Waals surface area contributed by atoms with Crippen molar-refractivity contribution >= 4 is 10.0 Å². The molecule has 0 spiro atoms. The summed E-state index contributed by atoms with van der Waals surface area (Å²) in [6.45, 7) is 5.40. The molecule has 2 aromatic rings. The molecule has 7 heteroatoms. The molecule has 0 amide bonds. The smallest absolute Gasteiger partial charge is 0.243 e. The number of sulfonamides is 1. The molecule has 2 heterocycles. The third kappa shape index (κ3) is 3.37. The van der Waals surface area contributed by atoms with Gasteiger partial charge in [-0.2, -0.15) is 4.31 Å². The van der Waals surface area contributed by atoms with Crippen molar-refractivity contribution in [3.63, 3.8) is 0 Å². The van der Waals surface area contributed by atoms with Crippen molar-refractivity contribution in [3.8, 4) is 0 Å². The molecule has 130 valence electrons. The van der Waals surface area contributed by atoms with Crippen LogP contribution in [0.3, 0.4) is 0 Å². The summed E-state index contributed by atoms with van der Waals surface area (Å²) in [6, 6.07) is 7.19. The summed E-state index contributed by atoms with van der Waals surface area (Å²) >= 11 is 0. The molecule has 6 nitrogen and oxygen atoms in total. The molecule has 24 heavy (non-hydrogen) atoms. The molecule has 1 saturated heterocycles. The molecule has 1 unspecified atom stereocenters. The summed E-state index contributed by atoms with van der Waals surface area (Å²) in [5, 5.41) is 8.09. The molecule has 0 radical (unpaired) electrons. The van der Waals surface area contributed by atoms with Crippen LogP contribution >= 0.6 is 0 Å². The highest BCUT2D eigenvalue weighted by Gasteiger charge is 2.35. The first kappa shape index (κ1) is 17.1. The average molecular weight is 348 g/mol. The van der Waals surface area contributed by atoms with Crippen molar-refractivity contribution in [1.82, 2.24) is 19.1 Å². The van der Waals surface area contributed by atoms with Gasteiger partial charge in [0.15, 0.2) is 0 Å². The Kier molecular flexibility index (Phi) is 5.01. The predicted molar refractivity (Wildman–Crippen MR) is 92.1 cm³/mol. The van der Waals surface area contributed by atoms with Gasteiger partial charge in [-0.1, -0.05) is 12.1 Å². The molecular weight excluding hydrogens is 324 g/mol. The van der Waals surface area contributed by atoms with Gasteiger partial charge < -0.3 is 4.57 Å². The van der Waals surface area contributed by atoms with Gasteiger partial charge in [0.25, 0.3) is 0 Å². The fraction of sp³-hybridized carbons (Fsp3) is 0.529. The zero-order valence-corrected chi connectivity index (χ0v) is 15.0. The topological polar surface area (TPSA) is 68.1 Å². The standard InChI is InChI=1S/C17H24N4O2S/c1-3-20-13-18-19-17(20)10-9-15-7-5-11-21(15)24(22,23)16-8-4-6-14(2)12-16/h4,6,8,12-13,15H,3,5,7,9-11H2,1-2H3. The highest BCUT2D eigenvalue weighted by molar-refractivity contribution is 7.89. The molecule has 1 aromatic carbocycles. The van der Waals surface area contributed by atoms with E-state index in [0.29, 0.717) is 11.4 Å². The van der Waals surface area contributed by atoms with Crippen LogP contribution in [0.1, 0.15) is 37.6 Å². The van der Waals surface area contributed by atoms with Gasteiger partial charge in [-0.3, -0.25) is 0 Å². The number of aromatic nitrogens is 3. The first-order chi connectivity index (χ1) is 11.5. The van der Waals surface area contributed by atoms with Crippen LogP contribution in [-0.4, -0.2) is 40.1 Å². The number of rotatable bonds is 6. The molecule has 0 saturated carbocycles. The summed E-state index contributed by atoms with van der Waals surface area (Å²) in [4.78, 5) is 0.395. The van der Waals surface area contributed by atoms with Gasteiger partial charge in [0.1, 0.15) is 12.2 Å². The highest BCUT2D eigenvalue weighted by Crippen LogP contribution is 2.28. The number of aryl methyl sites for hydroxylation is 3. The second-order valence-corrected chi connectivity index (χ2v) is 8.19. The Hall–Kier alpha value is -1.73. The molecule has 0 N–H and O–H groups in total. The van der Waals surface area contributed by atoms with E-state index >= 15 is 0 Å². The van der Waals surface area contributed by atoms with E-state index in [2.05, 4.69) is 17.1 Å². The molecular formula is C17H24N4O2S. The van der Waals surface area contributed by atoms with Crippen LogP contribution in [0.2, 0.25) is 0 Å². The summed E-state index contributed by atoms with van der Waals surface area (Å²) < 4.78 is 29.6. The van der Waals surface area contributed by atoms with Crippen molar-refractivity contribution in [2.75, 3.05) is 6.54 Å². The minimum absolute atomic E-state index is 0.0394. The van der Waals surface area contributed by atoms with Gasteiger partial charge in [-0.15, -0.1) is 10.2 Å². The van der Waals surface area contributed by atoms with Crippen LogP contribution in [0.25, 0.3) is 0 Å². The molecule has 1 aliphatic heterocycles. The van der Waals surface area contributed by atoms with Gasteiger partial charge in [-0.05, 0) is 50.8 Å². The summed E-state index contributed by atoms with van der Waals surface area (Å²) in [5.41, 5.74) is 0.961. The largest absolute Gasteiger partial charge is 0.318 e. The van der Waals surface area contributed by atoms with Crippen LogP contribution in [-0.2, 0) is 23.0 Å². The quantitative estimate of drug-likeness (QED) is 0.804. The van der Waals surface area contributed by atoms with Crippen molar-refractivity contribution in [1.29, 1.82) is 0 Å². The van der Waals surface area contributed by atoms with Gasteiger partial charge in [0, 0.05) is 25.6 Å². The van der Waals surface area contributed by atoms with E-state index in [1.54, 1.807) is 28.8 Å². The molecule has 0 aliphatic carbocycles. The van der Waals surface area contributed by atoms with E-state index in [4.69, 9.17) is 0 Å². The zero-order chi connectivity index (χ0) is 17.2. The third-order valence-corrected chi connectivity index (χ3v) is 6.60. The number of hydrogen-bond acceptors (Lipinski definition) is 4. The highest BCUT2D eigenvalue weighted by atomic mass is 32.2. The molecule has 1 fully saturated rings. The van der Waals surface area contributed by atoms with E-state index in [-0.39, 0.29) is 6.04 Å². The van der Waals surface area contributed by atoms with Crippen molar-refractivity contribution < 1.29 is 8.42 Å². The lowest BCUT2D eigenvalue weighted by Crippen LogP contribution is -2.36. The van der Waals surface area contributed by atoms with E-state index < -0.39 is 10.0 Å². The average Bonchev–Trinajstić information content (AvgIpc) is 3.21. The number of nitrogens with zero attached hydrogens (tertiary/aromatic N) is 4. The third-order valence-electron chi connectivity index (χ3n) is 4.66. The van der Waals surface area contributed by atoms with Gasteiger partial charge in [0.05, 0.1) is 4.90 Å². The predicted octanol–water partition coefficient (Wildman–Crippen LogP) is 2.39. The second kappa shape index (κ2) is 7.03. The van der Waals surface area contributed by atoms with Crippen LogP contribution in [0.5, 0.6) is 0 Å². The first-order valence-electron chi connectivity index (χ1n) is 8.47. The maximum Gasteiger partial charge on any atom is 0.243 e. The van der Waals surface area contributed by atoms with Crippen LogP contribution < -0.4 is 0 Å². The van der Waals surface area contributed by atoms with Crippen molar-refractivity contribution in [3.05, 3.63) is 42.0 Å². The Balaban J connectivity index is 1.75. The molecule has 1 atom stereocenters. The fourth-order valence-corrected chi connectivity index (χ4v) is 5.19.